The van der Waals surface area contributed by atoms with E-state index in [4.69, 9.17) is 0 Å². The Labute approximate surface area is 177 Å². The van der Waals surface area contributed by atoms with Crippen molar-refractivity contribution >= 4 is 23.2 Å². The van der Waals surface area contributed by atoms with E-state index in [1.165, 1.54) is 24.3 Å². The fourth-order valence-electron chi connectivity index (χ4n) is 2.70. The lowest BCUT2D eigenvalue weighted by Crippen LogP contribution is -2.14. The fraction of sp³-hybridized carbons (Fsp3) is 0.0909. The van der Waals surface area contributed by atoms with E-state index in [2.05, 4.69) is 10.6 Å². The Morgan fingerprint density at radius 3 is 1.22 bits per heavy atom. The van der Waals surface area contributed by atoms with Gasteiger partial charge in [0, 0.05) is 22.5 Å². The molecule has 2 amide bonds. The van der Waals surface area contributed by atoms with E-state index in [1.807, 2.05) is 0 Å². The van der Waals surface area contributed by atoms with Crippen molar-refractivity contribution in [2.24, 2.45) is 0 Å². The maximum Gasteiger partial charge on any atom is 0.416 e. The lowest BCUT2D eigenvalue weighted by Gasteiger charge is -2.11. The van der Waals surface area contributed by atoms with Crippen LogP contribution in [0.5, 0.6) is 0 Å². The zero-order valence-electron chi connectivity index (χ0n) is 16.0. The largest absolute Gasteiger partial charge is 0.416 e. The van der Waals surface area contributed by atoms with Gasteiger partial charge in [-0.2, -0.15) is 26.3 Å². The molecule has 3 rings (SSSR count). The predicted molar refractivity (Wildman–Crippen MR) is 105 cm³/mol. The van der Waals surface area contributed by atoms with Crippen molar-refractivity contribution in [1.82, 2.24) is 0 Å². The molecule has 4 nitrogen and oxygen atoms in total. The number of benzene rings is 3. The molecule has 3 aromatic carbocycles. The minimum atomic E-state index is -4.52. The highest BCUT2D eigenvalue weighted by Crippen LogP contribution is 2.30. The van der Waals surface area contributed by atoms with Gasteiger partial charge in [0.2, 0.25) is 0 Å². The van der Waals surface area contributed by atoms with Crippen molar-refractivity contribution in [1.29, 1.82) is 0 Å². The second kappa shape index (κ2) is 8.74. The molecule has 0 bridgehead atoms. The zero-order valence-corrected chi connectivity index (χ0v) is 16.0. The first-order valence-corrected chi connectivity index (χ1v) is 9.01. The van der Waals surface area contributed by atoms with Gasteiger partial charge in [-0.05, 0) is 66.7 Å². The molecule has 0 aliphatic heterocycles. The van der Waals surface area contributed by atoms with Gasteiger partial charge in [0.05, 0.1) is 11.1 Å². The quantitative estimate of drug-likeness (QED) is 0.461. The Morgan fingerprint density at radius 1 is 0.562 bits per heavy atom. The number of halogens is 6. The third-order valence-electron chi connectivity index (χ3n) is 4.33. The number of amides is 2. The predicted octanol–water partition coefficient (Wildman–Crippen LogP) is 6.23. The first-order chi connectivity index (χ1) is 14.9. The van der Waals surface area contributed by atoms with Crippen LogP contribution in [0.2, 0.25) is 0 Å². The van der Waals surface area contributed by atoms with Crippen molar-refractivity contribution < 1.29 is 35.9 Å². The standard InChI is InChI=1S/C22H14F6N2O2/c23-21(24,25)15-8-4-13(5-9-15)19(31)29-17-2-1-3-18(12-17)30-20(32)14-6-10-16(11-7-14)22(26,27)28/h1-12H,(H,29,31)(H,30,32). The molecule has 0 atom stereocenters. The van der Waals surface area contributed by atoms with Gasteiger partial charge in [0.1, 0.15) is 0 Å². The summed E-state index contributed by atoms with van der Waals surface area (Å²) in [6.45, 7) is 0. The number of nitrogens with one attached hydrogen (secondary N) is 2. The van der Waals surface area contributed by atoms with Crippen LogP contribution < -0.4 is 10.6 Å². The molecule has 0 saturated carbocycles. The minimum Gasteiger partial charge on any atom is -0.322 e. The van der Waals surface area contributed by atoms with Crippen LogP contribution in [0, 0.1) is 0 Å². The molecule has 0 heterocycles. The maximum absolute atomic E-state index is 12.6. The molecule has 10 heteroatoms. The van der Waals surface area contributed by atoms with E-state index in [0.717, 1.165) is 48.5 Å². The van der Waals surface area contributed by atoms with Gasteiger partial charge < -0.3 is 10.6 Å². The summed E-state index contributed by atoms with van der Waals surface area (Å²) in [5.41, 5.74) is -1.28. The third kappa shape index (κ3) is 5.65. The van der Waals surface area contributed by atoms with E-state index in [1.54, 1.807) is 0 Å². The van der Waals surface area contributed by atoms with Crippen LogP contribution in [0.3, 0.4) is 0 Å². The molecule has 0 radical (unpaired) electrons. The number of alkyl halides is 6. The third-order valence-corrected chi connectivity index (χ3v) is 4.33. The van der Waals surface area contributed by atoms with Crippen LogP contribution in [0.15, 0.2) is 72.8 Å². The Balaban J connectivity index is 1.67. The Bertz CT molecular complexity index is 1030. The molecule has 2 N–H and O–H groups in total. The zero-order chi connectivity index (χ0) is 23.5. The van der Waals surface area contributed by atoms with E-state index in [9.17, 15) is 35.9 Å². The molecular formula is C22H14F6N2O2. The van der Waals surface area contributed by atoms with Crippen LogP contribution in [0.1, 0.15) is 31.8 Å². The van der Waals surface area contributed by atoms with Crippen molar-refractivity contribution in [2.45, 2.75) is 12.4 Å². The lowest BCUT2D eigenvalue weighted by atomic mass is 10.1. The number of hydrogen-bond acceptors (Lipinski definition) is 2. The second-order valence-corrected chi connectivity index (χ2v) is 6.64. The summed E-state index contributed by atoms with van der Waals surface area (Å²) < 4.78 is 75.8. The van der Waals surface area contributed by atoms with Crippen molar-refractivity contribution in [3.8, 4) is 0 Å². The number of anilines is 2. The van der Waals surface area contributed by atoms with Crippen LogP contribution in [0.25, 0.3) is 0 Å². The molecular weight excluding hydrogens is 438 g/mol. The molecule has 0 unspecified atom stereocenters. The fourth-order valence-corrected chi connectivity index (χ4v) is 2.70. The monoisotopic (exact) mass is 452 g/mol. The molecule has 0 spiro atoms. The summed E-state index contributed by atoms with van der Waals surface area (Å²) >= 11 is 0. The summed E-state index contributed by atoms with van der Waals surface area (Å²) in [4.78, 5) is 24.5. The topological polar surface area (TPSA) is 58.2 Å². The molecule has 32 heavy (non-hydrogen) atoms. The van der Waals surface area contributed by atoms with Gasteiger partial charge in [-0.1, -0.05) is 6.07 Å². The summed E-state index contributed by atoms with van der Waals surface area (Å²) in [5.74, 6) is -1.32. The van der Waals surface area contributed by atoms with Gasteiger partial charge in [0.25, 0.3) is 11.8 Å². The smallest absolute Gasteiger partial charge is 0.322 e. The highest BCUT2D eigenvalue weighted by molar-refractivity contribution is 6.06. The summed E-state index contributed by atoms with van der Waals surface area (Å²) in [7, 11) is 0. The molecule has 0 saturated heterocycles. The van der Waals surface area contributed by atoms with Crippen LogP contribution in [-0.2, 0) is 12.4 Å². The summed E-state index contributed by atoms with van der Waals surface area (Å²) in [5, 5.41) is 4.99. The number of carbonyl (C=O) groups is 2. The van der Waals surface area contributed by atoms with Crippen LogP contribution >= 0.6 is 0 Å². The molecule has 0 aromatic heterocycles. The highest BCUT2D eigenvalue weighted by atomic mass is 19.4. The Kier molecular flexibility index (Phi) is 6.24. The van der Waals surface area contributed by atoms with Crippen LogP contribution in [0.4, 0.5) is 37.7 Å². The Hall–Kier alpha value is -3.82. The SMILES string of the molecule is O=C(Nc1cccc(NC(=O)c2ccc(C(F)(F)F)cc2)c1)c1ccc(C(F)(F)F)cc1. The molecule has 0 aliphatic carbocycles. The van der Waals surface area contributed by atoms with Gasteiger partial charge in [-0.25, -0.2) is 0 Å². The van der Waals surface area contributed by atoms with Crippen LogP contribution in [-0.4, -0.2) is 11.8 Å². The van der Waals surface area contributed by atoms with Crippen molar-refractivity contribution in [3.63, 3.8) is 0 Å². The van der Waals surface area contributed by atoms with Gasteiger partial charge >= 0.3 is 12.4 Å². The van der Waals surface area contributed by atoms with Crippen molar-refractivity contribution in [3.05, 3.63) is 95.1 Å². The number of carbonyl (C=O) groups excluding carboxylic acids is 2. The normalized spacial score (nSPS) is 11.7. The highest BCUT2D eigenvalue weighted by Gasteiger charge is 2.31. The average molecular weight is 452 g/mol. The van der Waals surface area contributed by atoms with Gasteiger partial charge in [-0.3, -0.25) is 9.59 Å². The molecule has 166 valence electrons. The maximum atomic E-state index is 12.6. The molecule has 0 aliphatic rings. The summed E-state index contributed by atoms with van der Waals surface area (Å²) in [6.07, 6.45) is -9.04. The minimum absolute atomic E-state index is 0.00260. The van der Waals surface area contributed by atoms with Gasteiger partial charge in [-0.15, -0.1) is 0 Å². The van der Waals surface area contributed by atoms with Crippen molar-refractivity contribution in [2.75, 3.05) is 10.6 Å². The number of hydrogen-bond donors (Lipinski definition) is 2. The van der Waals surface area contributed by atoms with E-state index >= 15 is 0 Å². The van der Waals surface area contributed by atoms with E-state index < -0.39 is 35.3 Å². The molecule has 3 aromatic rings. The number of rotatable bonds is 4. The molecule has 0 fully saturated rings. The van der Waals surface area contributed by atoms with E-state index in [0.29, 0.717) is 0 Å². The Morgan fingerprint density at radius 2 is 0.906 bits per heavy atom. The van der Waals surface area contributed by atoms with E-state index in [-0.39, 0.29) is 22.5 Å². The first-order valence-electron chi connectivity index (χ1n) is 9.01. The lowest BCUT2D eigenvalue weighted by molar-refractivity contribution is -0.138. The van der Waals surface area contributed by atoms with Gasteiger partial charge in [0.15, 0.2) is 0 Å². The average Bonchev–Trinajstić information content (AvgIpc) is 2.73. The second-order valence-electron chi connectivity index (χ2n) is 6.64. The first kappa shape index (κ1) is 22.9. The summed E-state index contributed by atoms with van der Waals surface area (Å²) in [6, 6.07) is 13.2.